The monoisotopic (exact) mass is 381 g/mol. The summed E-state index contributed by atoms with van der Waals surface area (Å²) in [4.78, 5) is 17.7. The molecule has 5 heterocycles. The van der Waals surface area contributed by atoms with Gasteiger partial charge in [0.2, 0.25) is 0 Å². The molecule has 1 fully saturated rings. The summed E-state index contributed by atoms with van der Waals surface area (Å²) in [7, 11) is 0. The van der Waals surface area contributed by atoms with Crippen molar-refractivity contribution in [2.75, 3.05) is 22.9 Å². The molecule has 0 bridgehead atoms. The number of thiazole rings is 1. The lowest BCUT2D eigenvalue weighted by Crippen LogP contribution is -2.19. The van der Waals surface area contributed by atoms with Crippen LogP contribution in [0.4, 0.5) is 10.8 Å². The van der Waals surface area contributed by atoms with Crippen LogP contribution in [-0.4, -0.2) is 37.8 Å². The summed E-state index contributed by atoms with van der Waals surface area (Å²) in [6.45, 7) is 11.1. The molecule has 27 heavy (non-hydrogen) atoms. The van der Waals surface area contributed by atoms with Crippen LogP contribution in [0.1, 0.15) is 37.9 Å². The van der Waals surface area contributed by atoms with Crippen LogP contribution in [0.25, 0.3) is 11.5 Å². The van der Waals surface area contributed by atoms with Crippen molar-refractivity contribution in [3.8, 4) is 5.82 Å². The maximum absolute atomic E-state index is 4.68. The van der Waals surface area contributed by atoms with Gasteiger partial charge >= 0.3 is 0 Å². The van der Waals surface area contributed by atoms with E-state index in [-0.39, 0.29) is 0 Å². The third-order valence-electron chi connectivity index (χ3n) is 4.71. The molecule has 0 spiro atoms. The van der Waals surface area contributed by atoms with Crippen LogP contribution >= 0.6 is 11.3 Å². The number of anilines is 2. The zero-order chi connectivity index (χ0) is 18.8. The predicted molar refractivity (Wildman–Crippen MR) is 109 cm³/mol. The van der Waals surface area contributed by atoms with Crippen LogP contribution in [0.15, 0.2) is 36.9 Å². The second kappa shape index (κ2) is 7.48. The van der Waals surface area contributed by atoms with E-state index in [0.29, 0.717) is 6.54 Å². The van der Waals surface area contributed by atoms with Crippen molar-refractivity contribution >= 4 is 27.9 Å². The van der Waals surface area contributed by atoms with E-state index in [4.69, 9.17) is 0 Å². The second-order valence-electron chi connectivity index (χ2n) is 6.23. The van der Waals surface area contributed by atoms with Crippen molar-refractivity contribution in [3.05, 3.63) is 48.1 Å². The highest BCUT2D eigenvalue weighted by Gasteiger charge is 2.28. The van der Waals surface area contributed by atoms with Crippen molar-refractivity contribution in [1.29, 1.82) is 0 Å². The molecule has 0 N–H and O–H groups in total. The van der Waals surface area contributed by atoms with E-state index in [1.54, 1.807) is 22.2 Å². The summed E-state index contributed by atoms with van der Waals surface area (Å²) >= 11 is 1.60. The maximum Gasteiger partial charge on any atom is 0.171 e. The fourth-order valence-corrected chi connectivity index (χ4v) is 4.02. The summed E-state index contributed by atoms with van der Waals surface area (Å²) in [6.07, 6.45) is 9.93. The molecule has 7 nitrogen and oxygen atoms in total. The quantitative estimate of drug-likeness (QED) is 0.689. The van der Waals surface area contributed by atoms with Gasteiger partial charge in [-0.1, -0.05) is 20.4 Å². The molecule has 2 aliphatic heterocycles. The molecule has 140 valence electrons. The first-order valence-electron chi connectivity index (χ1n) is 9.31. The molecule has 0 saturated carbocycles. The van der Waals surface area contributed by atoms with Gasteiger partial charge in [0.15, 0.2) is 5.82 Å². The molecule has 0 aliphatic carbocycles. The lowest BCUT2D eigenvalue weighted by Gasteiger charge is -2.17. The molecule has 5 rings (SSSR count). The Morgan fingerprint density at radius 3 is 2.41 bits per heavy atom. The average Bonchev–Trinajstić information content (AvgIpc) is 3.50. The minimum absolute atomic E-state index is 0.711. The lowest BCUT2D eigenvalue weighted by atomic mass is 10.2. The minimum Gasteiger partial charge on any atom is -0.355 e. The highest BCUT2D eigenvalue weighted by atomic mass is 32.1. The predicted octanol–water partition coefficient (Wildman–Crippen LogP) is 3.74. The minimum atomic E-state index is 0.711. The van der Waals surface area contributed by atoms with E-state index >= 15 is 0 Å². The highest BCUT2D eigenvalue weighted by molar-refractivity contribution is 7.13. The van der Waals surface area contributed by atoms with Gasteiger partial charge in [0.1, 0.15) is 10.8 Å². The first-order valence-corrected chi connectivity index (χ1v) is 10.2. The van der Waals surface area contributed by atoms with Crippen molar-refractivity contribution in [3.63, 3.8) is 0 Å². The van der Waals surface area contributed by atoms with Gasteiger partial charge < -0.3 is 9.80 Å². The maximum atomic E-state index is 4.68. The second-order valence-corrected chi connectivity index (χ2v) is 7.10. The summed E-state index contributed by atoms with van der Waals surface area (Å²) in [6, 6.07) is 0. The standard InChI is InChI=1S/C17H17N7S.C2H6/c1-12-13-9-24(21-14(13)10-23(12)17-8-18-11-25-17)16-7-19-15(6-20-16)22-4-2-3-5-22;1-2/h6-9,11H,1-5,10H2;1-2H3. The lowest BCUT2D eigenvalue weighted by molar-refractivity contribution is 0.797. The molecular formula is C19H23N7S. The summed E-state index contributed by atoms with van der Waals surface area (Å²) in [5.74, 6) is 1.68. The van der Waals surface area contributed by atoms with E-state index in [9.17, 15) is 0 Å². The Bertz CT molecular complexity index is 908. The van der Waals surface area contributed by atoms with Crippen LogP contribution < -0.4 is 9.80 Å². The SMILES string of the molecule is C=C1c2cn(-c3cnc(N4CCCC4)cn3)nc2CN1c1cncs1.CC. The molecule has 8 heteroatoms. The molecule has 0 aromatic carbocycles. The smallest absolute Gasteiger partial charge is 0.171 e. The van der Waals surface area contributed by atoms with Crippen LogP contribution in [0.5, 0.6) is 0 Å². The number of fused-ring (bicyclic) bond motifs is 1. The largest absolute Gasteiger partial charge is 0.355 e. The van der Waals surface area contributed by atoms with Crippen LogP contribution in [0.2, 0.25) is 0 Å². The van der Waals surface area contributed by atoms with Crippen molar-refractivity contribution in [2.24, 2.45) is 0 Å². The molecule has 0 atom stereocenters. The molecule has 1 saturated heterocycles. The fraction of sp³-hybridized carbons (Fsp3) is 0.368. The molecule has 0 radical (unpaired) electrons. The Hall–Kier alpha value is -2.74. The summed E-state index contributed by atoms with van der Waals surface area (Å²) in [5, 5.41) is 5.77. The molecular weight excluding hydrogens is 358 g/mol. The van der Waals surface area contributed by atoms with E-state index in [2.05, 4.69) is 36.4 Å². The Labute approximate surface area is 163 Å². The Morgan fingerprint density at radius 2 is 1.78 bits per heavy atom. The van der Waals surface area contributed by atoms with Gasteiger partial charge in [0, 0.05) is 30.5 Å². The zero-order valence-electron chi connectivity index (χ0n) is 15.7. The van der Waals surface area contributed by atoms with Crippen molar-refractivity contribution in [1.82, 2.24) is 24.7 Å². The van der Waals surface area contributed by atoms with Gasteiger partial charge in [0.25, 0.3) is 0 Å². The summed E-state index contributed by atoms with van der Waals surface area (Å²) < 4.78 is 1.79. The topological polar surface area (TPSA) is 63.0 Å². The Balaban J connectivity index is 0.000000872. The van der Waals surface area contributed by atoms with Crippen molar-refractivity contribution in [2.45, 2.75) is 33.2 Å². The van der Waals surface area contributed by atoms with Crippen LogP contribution in [0.3, 0.4) is 0 Å². The Morgan fingerprint density at radius 1 is 1.04 bits per heavy atom. The van der Waals surface area contributed by atoms with Gasteiger partial charge in [-0.2, -0.15) is 5.10 Å². The van der Waals surface area contributed by atoms with Crippen molar-refractivity contribution < 1.29 is 0 Å². The van der Waals surface area contributed by atoms with Crippen LogP contribution in [0, 0.1) is 0 Å². The first-order chi connectivity index (χ1) is 13.3. The third kappa shape index (κ3) is 3.21. The average molecular weight is 382 g/mol. The highest BCUT2D eigenvalue weighted by Crippen LogP contribution is 2.37. The van der Waals surface area contributed by atoms with Gasteiger partial charge in [-0.15, -0.1) is 11.3 Å². The van der Waals surface area contributed by atoms with Crippen LogP contribution in [-0.2, 0) is 6.54 Å². The normalized spacial score (nSPS) is 15.7. The number of rotatable bonds is 3. The van der Waals surface area contributed by atoms with E-state index in [0.717, 1.165) is 46.7 Å². The van der Waals surface area contributed by atoms with E-state index in [1.165, 1.54) is 12.8 Å². The molecule has 0 amide bonds. The Kier molecular flexibility index (Phi) is 4.89. The fourth-order valence-electron chi connectivity index (χ4n) is 3.37. The number of nitrogens with zero attached hydrogens (tertiary/aromatic N) is 7. The molecule has 3 aromatic rings. The van der Waals surface area contributed by atoms with Gasteiger partial charge in [0.05, 0.1) is 36.3 Å². The van der Waals surface area contributed by atoms with E-state index in [1.807, 2.05) is 37.9 Å². The van der Waals surface area contributed by atoms with Gasteiger partial charge in [-0.25, -0.2) is 14.6 Å². The van der Waals surface area contributed by atoms with Gasteiger partial charge in [-0.3, -0.25) is 4.98 Å². The molecule has 0 unspecified atom stereocenters. The molecule has 3 aromatic heterocycles. The van der Waals surface area contributed by atoms with E-state index < -0.39 is 0 Å². The third-order valence-corrected chi connectivity index (χ3v) is 5.50. The van der Waals surface area contributed by atoms with Gasteiger partial charge in [-0.05, 0) is 12.8 Å². The first kappa shape index (κ1) is 17.7. The summed E-state index contributed by atoms with van der Waals surface area (Å²) in [5.41, 5.74) is 4.84. The number of hydrogen-bond donors (Lipinski definition) is 0. The number of hydrogen-bond acceptors (Lipinski definition) is 7. The zero-order valence-corrected chi connectivity index (χ0v) is 16.5. The number of aromatic nitrogens is 5. The molecule has 2 aliphatic rings.